The molecule has 104 valence electrons. The average molecular weight is 288 g/mol. The molecule has 0 saturated carbocycles. The molecule has 2 aromatic carbocycles. The van der Waals surface area contributed by atoms with Crippen molar-refractivity contribution in [2.45, 2.75) is 12.7 Å². The lowest BCUT2D eigenvalue weighted by Gasteiger charge is -2.05. The van der Waals surface area contributed by atoms with E-state index in [4.69, 9.17) is 0 Å². The van der Waals surface area contributed by atoms with E-state index in [1.807, 2.05) is 25.1 Å². The van der Waals surface area contributed by atoms with Crippen LogP contribution < -0.4 is 0 Å². The number of hydrogen-bond acceptors (Lipinski definition) is 3. The highest BCUT2D eigenvalue weighted by molar-refractivity contribution is 7.91. The van der Waals surface area contributed by atoms with Crippen LogP contribution >= 0.6 is 0 Å². The average Bonchev–Trinajstić information content (AvgIpc) is 2.38. The Kier molecular flexibility index (Phi) is 4.35. The maximum absolute atomic E-state index is 12.1. The molecule has 0 aliphatic carbocycles. The van der Waals surface area contributed by atoms with Crippen molar-refractivity contribution in [3.05, 3.63) is 71.3 Å². The molecular formula is C16H16O3S. The third-order valence-corrected chi connectivity index (χ3v) is 4.39. The molecule has 0 unspecified atom stereocenters. The van der Waals surface area contributed by atoms with Crippen LogP contribution in [0.4, 0.5) is 0 Å². The van der Waals surface area contributed by atoms with Crippen LogP contribution in [0.2, 0.25) is 0 Å². The van der Waals surface area contributed by atoms with Gasteiger partial charge in [0.05, 0.1) is 5.75 Å². The van der Waals surface area contributed by atoms with E-state index in [1.54, 1.807) is 36.4 Å². The summed E-state index contributed by atoms with van der Waals surface area (Å²) in [7, 11) is -3.45. The Morgan fingerprint density at radius 3 is 2.35 bits per heavy atom. The van der Waals surface area contributed by atoms with Crippen LogP contribution in [-0.4, -0.2) is 20.0 Å². The molecule has 0 aliphatic heterocycles. The lowest BCUT2D eigenvalue weighted by atomic mass is 10.2. The van der Waals surface area contributed by atoms with Gasteiger partial charge in [-0.2, -0.15) is 0 Å². The van der Waals surface area contributed by atoms with E-state index in [0.717, 1.165) is 5.56 Å². The molecule has 0 fully saturated rings. The van der Waals surface area contributed by atoms with Gasteiger partial charge in [-0.1, -0.05) is 60.2 Å². The van der Waals surface area contributed by atoms with Gasteiger partial charge >= 0.3 is 0 Å². The van der Waals surface area contributed by atoms with E-state index in [0.29, 0.717) is 11.1 Å². The van der Waals surface area contributed by atoms with Gasteiger partial charge in [-0.3, -0.25) is 4.79 Å². The highest BCUT2D eigenvalue weighted by atomic mass is 32.2. The summed E-state index contributed by atoms with van der Waals surface area (Å²) in [5.74, 6) is -0.920. The molecule has 3 nitrogen and oxygen atoms in total. The maximum Gasteiger partial charge on any atom is 0.177 e. The van der Waals surface area contributed by atoms with Gasteiger partial charge < -0.3 is 0 Å². The van der Waals surface area contributed by atoms with Gasteiger partial charge in [0, 0.05) is 5.56 Å². The largest absolute Gasteiger partial charge is 0.293 e. The van der Waals surface area contributed by atoms with Gasteiger partial charge in [0.2, 0.25) is 0 Å². The third kappa shape index (κ3) is 4.03. The molecule has 0 saturated heterocycles. The lowest BCUT2D eigenvalue weighted by molar-refractivity contribution is 0.102. The number of sulfone groups is 1. The molecule has 0 aliphatic rings. The minimum atomic E-state index is -3.45. The van der Waals surface area contributed by atoms with Crippen LogP contribution in [-0.2, 0) is 15.6 Å². The molecule has 0 atom stereocenters. The highest BCUT2D eigenvalue weighted by Gasteiger charge is 2.18. The van der Waals surface area contributed by atoms with Crippen molar-refractivity contribution in [2.24, 2.45) is 0 Å². The molecule has 0 aromatic heterocycles. The predicted octanol–water partition coefficient (Wildman–Crippen LogP) is 2.79. The quantitative estimate of drug-likeness (QED) is 0.795. The van der Waals surface area contributed by atoms with Crippen molar-refractivity contribution in [2.75, 3.05) is 5.75 Å². The maximum atomic E-state index is 12.1. The molecular weight excluding hydrogens is 272 g/mol. The Morgan fingerprint density at radius 1 is 1.00 bits per heavy atom. The fraction of sp³-hybridized carbons (Fsp3) is 0.188. The van der Waals surface area contributed by atoms with Crippen molar-refractivity contribution in [3.63, 3.8) is 0 Å². The first kappa shape index (κ1) is 14.5. The van der Waals surface area contributed by atoms with Gasteiger partial charge in [-0.25, -0.2) is 8.42 Å². The number of aryl methyl sites for hydroxylation is 1. The summed E-state index contributed by atoms with van der Waals surface area (Å²) in [4.78, 5) is 11.9. The van der Waals surface area contributed by atoms with Gasteiger partial charge in [0.15, 0.2) is 15.6 Å². The van der Waals surface area contributed by atoms with E-state index < -0.39 is 15.6 Å². The predicted molar refractivity (Wildman–Crippen MR) is 79.4 cm³/mol. The summed E-state index contributed by atoms with van der Waals surface area (Å²) in [5.41, 5.74) is 2.15. The first-order chi connectivity index (χ1) is 9.46. The summed E-state index contributed by atoms with van der Waals surface area (Å²) in [6, 6.07) is 15.8. The number of ketones is 1. The van der Waals surface area contributed by atoms with Crippen molar-refractivity contribution in [3.8, 4) is 0 Å². The summed E-state index contributed by atoms with van der Waals surface area (Å²) in [6.45, 7) is 1.91. The van der Waals surface area contributed by atoms with Crippen LogP contribution in [0, 0.1) is 6.92 Å². The zero-order valence-electron chi connectivity index (χ0n) is 11.2. The molecule has 0 amide bonds. The Balaban J connectivity index is 2.10. The van der Waals surface area contributed by atoms with Crippen molar-refractivity contribution in [1.29, 1.82) is 0 Å². The Morgan fingerprint density at radius 2 is 1.70 bits per heavy atom. The van der Waals surface area contributed by atoms with Crippen LogP contribution in [0.1, 0.15) is 21.5 Å². The molecule has 0 heterocycles. The van der Waals surface area contributed by atoms with E-state index in [1.165, 1.54) is 0 Å². The molecule has 0 N–H and O–H groups in total. The number of carbonyl (C=O) groups is 1. The van der Waals surface area contributed by atoms with Gasteiger partial charge in [0.25, 0.3) is 0 Å². The van der Waals surface area contributed by atoms with Gasteiger partial charge in [0.1, 0.15) is 5.75 Å². The van der Waals surface area contributed by atoms with Crippen LogP contribution in [0.5, 0.6) is 0 Å². The fourth-order valence-corrected chi connectivity index (χ4v) is 3.37. The monoisotopic (exact) mass is 288 g/mol. The minimum Gasteiger partial charge on any atom is -0.293 e. The molecule has 2 rings (SSSR count). The molecule has 2 aromatic rings. The SMILES string of the molecule is Cc1cccc(CS(=O)(=O)CC(=O)c2ccccc2)c1. The fourth-order valence-electron chi connectivity index (χ4n) is 2.01. The summed E-state index contributed by atoms with van der Waals surface area (Å²) in [5, 5.41) is 0. The van der Waals surface area contributed by atoms with E-state index in [9.17, 15) is 13.2 Å². The number of benzene rings is 2. The van der Waals surface area contributed by atoms with Crippen LogP contribution in [0.25, 0.3) is 0 Å². The second kappa shape index (κ2) is 6.01. The Labute approximate surface area is 119 Å². The van der Waals surface area contributed by atoms with E-state index in [-0.39, 0.29) is 11.5 Å². The zero-order chi connectivity index (χ0) is 14.6. The normalized spacial score (nSPS) is 11.2. The molecule has 20 heavy (non-hydrogen) atoms. The Hall–Kier alpha value is -1.94. The van der Waals surface area contributed by atoms with E-state index in [2.05, 4.69) is 0 Å². The molecule has 0 spiro atoms. The second-order valence-corrected chi connectivity index (χ2v) is 6.87. The van der Waals surface area contributed by atoms with Gasteiger partial charge in [-0.05, 0) is 12.5 Å². The first-order valence-electron chi connectivity index (χ1n) is 6.30. The molecule has 0 bridgehead atoms. The number of hydrogen-bond donors (Lipinski definition) is 0. The van der Waals surface area contributed by atoms with Crippen molar-refractivity contribution >= 4 is 15.6 Å². The van der Waals surface area contributed by atoms with Crippen LogP contribution in [0.3, 0.4) is 0 Å². The second-order valence-electron chi connectivity index (χ2n) is 4.81. The zero-order valence-corrected chi connectivity index (χ0v) is 12.1. The number of carbonyl (C=O) groups excluding carboxylic acids is 1. The first-order valence-corrected chi connectivity index (χ1v) is 8.13. The number of Topliss-reactive ketones (excluding diaryl/α,β-unsaturated/α-hetero) is 1. The molecule has 4 heteroatoms. The standard InChI is InChI=1S/C16H16O3S/c1-13-6-5-7-14(10-13)11-20(18,19)12-16(17)15-8-3-2-4-9-15/h2-10H,11-12H2,1H3. The third-order valence-electron chi connectivity index (χ3n) is 2.92. The summed E-state index contributed by atoms with van der Waals surface area (Å²) in [6.07, 6.45) is 0. The Bertz CT molecular complexity index is 704. The van der Waals surface area contributed by atoms with Gasteiger partial charge in [-0.15, -0.1) is 0 Å². The number of rotatable bonds is 5. The highest BCUT2D eigenvalue weighted by Crippen LogP contribution is 2.11. The lowest BCUT2D eigenvalue weighted by Crippen LogP contribution is -2.18. The van der Waals surface area contributed by atoms with E-state index >= 15 is 0 Å². The molecule has 0 radical (unpaired) electrons. The summed E-state index contributed by atoms with van der Waals surface area (Å²) < 4.78 is 24.1. The van der Waals surface area contributed by atoms with Crippen molar-refractivity contribution in [1.82, 2.24) is 0 Å². The summed E-state index contributed by atoms with van der Waals surface area (Å²) >= 11 is 0. The van der Waals surface area contributed by atoms with Crippen LogP contribution in [0.15, 0.2) is 54.6 Å². The smallest absolute Gasteiger partial charge is 0.177 e. The minimum absolute atomic E-state index is 0.104. The van der Waals surface area contributed by atoms with Crippen molar-refractivity contribution < 1.29 is 13.2 Å². The topological polar surface area (TPSA) is 51.2 Å².